The molecule has 2 aliphatic rings. The molecule has 0 unspecified atom stereocenters. The van der Waals surface area contributed by atoms with E-state index in [1.807, 2.05) is 0 Å². The molecule has 0 N–H and O–H groups in total. The topological polar surface area (TPSA) is 43.4 Å². The lowest BCUT2D eigenvalue weighted by Gasteiger charge is -2.20. The number of aldehydes is 1. The molecule has 1 atom stereocenters. The third-order valence-electron chi connectivity index (χ3n) is 3.88. The molecular formula is C15H20O3. The molecular weight excluding hydrogens is 228 g/mol. The molecule has 98 valence electrons. The van der Waals surface area contributed by atoms with Crippen LogP contribution in [0, 0.1) is 11.3 Å². The molecule has 0 spiro atoms. The van der Waals surface area contributed by atoms with Crippen molar-refractivity contribution in [1.29, 1.82) is 0 Å². The fourth-order valence-corrected chi connectivity index (χ4v) is 2.69. The minimum Gasteiger partial charge on any atom is -0.457 e. The summed E-state index contributed by atoms with van der Waals surface area (Å²) in [4.78, 5) is 22.4. The molecule has 1 aliphatic carbocycles. The van der Waals surface area contributed by atoms with Crippen LogP contribution in [0.1, 0.15) is 40.0 Å². The van der Waals surface area contributed by atoms with Crippen molar-refractivity contribution >= 4 is 12.3 Å². The second kappa shape index (κ2) is 4.71. The van der Waals surface area contributed by atoms with Crippen molar-refractivity contribution in [3.8, 4) is 0 Å². The molecule has 0 radical (unpaired) electrons. The van der Waals surface area contributed by atoms with Crippen LogP contribution in [0.5, 0.6) is 0 Å². The quantitative estimate of drug-likeness (QED) is 0.436. The molecule has 0 saturated carbocycles. The predicted octanol–water partition coefficient (Wildman–Crippen LogP) is 2.81. The Hall–Kier alpha value is -1.38. The maximum Gasteiger partial charge on any atom is 0.334 e. The zero-order chi connectivity index (χ0) is 13.3. The van der Waals surface area contributed by atoms with Gasteiger partial charge in [-0.3, -0.25) is 4.79 Å². The molecule has 18 heavy (non-hydrogen) atoms. The maximum absolute atomic E-state index is 11.6. The SMILES string of the molecule is C[C@H](CC1=C(C=O)COC1=O)C1=CCC(C)(C)C1. The van der Waals surface area contributed by atoms with E-state index >= 15 is 0 Å². The van der Waals surface area contributed by atoms with Crippen LogP contribution >= 0.6 is 0 Å². The lowest BCUT2D eigenvalue weighted by molar-refractivity contribution is -0.136. The number of ether oxygens (including phenoxy) is 1. The van der Waals surface area contributed by atoms with Crippen molar-refractivity contribution in [2.24, 2.45) is 11.3 Å². The van der Waals surface area contributed by atoms with Crippen LogP contribution in [-0.2, 0) is 14.3 Å². The maximum atomic E-state index is 11.6. The summed E-state index contributed by atoms with van der Waals surface area (Å²) in [7, 11) is 0. The zero-order valence-electron chi connectivity index (χ0n) is 11.3. The molecule has 2 rings (SSSR count). The Labute approximate surface area is 108 Å². The molecule has 0 bridgehead atoms. The first-order chi connectivity index (χ1) is 8.43. The van der Waals surface area contributed by atoms with Crippen LogP contribution in [0.15, 0.2) is 22.8 Å². The fourth-order valence-electron chi connectivity index (χ4n) is 2.69. The second-order valence-corrected chi connectivity index (χ2v) is 6.13. The summed E-state index contributed by atoms with van der Waals surface area (Å²) in [5.74, 6) is -0.0100. The Morgan fingerprint density at radius 1 is 1.50 bits per heavy atom. The molecule has 0 fully saturated rings. The molecule has 0 aromatic carbocycles. The highest BCUT2D eigenvalue weighted by Gasteiger charge is 2.30. The van der Waals surface area contributed by atoms with Crippen molar-refractivity contribution in [2.75, 3.05) is 6.61 Å². The van der Waals surface area contributed by atoms with E-state index in [1.165, 1.54) is 5.57 Å². The van der Waals surface area contributed by atoms with Crippen molar-refractivity contribution in [3.05, 3.63) is 22.8 Å². The molecule has 3 heteroatoms. The van der Waals surface area contributed by atoms with Gasteiger partial charge in [0.2, 0.25) is 0 Å². The Kier molecular flexibility index (Phi) is 3.42. The van der Waals surface area contributed by atoms with E-state index in [2.05, 4.69) is 26.8 Å². The van der Waals surface area contributed by atoms with E-state index in [1.54, 1.807) is 0 Å². The number of esters is 1. The van der Waals surface area contributed by atoms with E-state index in [9.17, 15) is 9.59 Å². The standard InChI is InChI=1S/C15H20O3/c1-10(11-4-5-15(2,3)7-11)6-13-12(8-16)9-18-14(13)17/h4,8,10H,5-7,9H2,1-3H3/t10-/m1/s1. The lowest BCUT2D eigenvalue weighted by atomic mass is 9.85. The molecule has 0 saturated heterocycles. The Balaban J connectivity index is 2.06. The highest BCUT2D eigenvalue weighted by molar-refractivity contribution is 5.98. The van der Waals surface area contributed by atoms with Crippen LogP contribution in [-0.4, -0.2) is 18.9 Å². The van der Waals surface area contributed by atoms with Crippen LogP contribution in [0.3, 0.4) is 0 Å². The normalized spacial score (nSPS) is 23.9. The van der Waals surface area contributed by atoms with Gasteiger partial charge in [0.15, 0.2) is 0 Å². The number of cyclic esters (lactones) is 1. The van der Waals surface area contributed by atoms with Crippen molar-refractivity contribution in [2.45, 2.75) is 40.0 Å². The first kappa shape index (κ1) is 13.1. The third kappa shape index (κ3) is 2.55. The van der Waals surface area contributed by atoms with Gasteiger partial charge < -0.3 is 4.74 Å². The Bertz CT molecular complexity index is 441. The number of hydrogen-bond donors (Lipinski definition) is 0. The van der Waals surface area contributed by atoms with Crippen LogP contribution in [0.4, 0.5) is 0 Å². The number of carbonyl (C=O) groups excluding carboxylic acids is 2. The van der Waals surface area contributed by atoms with Gasteiger partial charge in [-0.25, -0.2) is 4.79 Å². The fraction of sp³-hybridized carbons (Fsp3) is 0.600. The van der Waals surface area contributed by atoms with Gasteiger partial charge in [0.1, 0.15) is 12.9 Å². The third-order valence-corrected chi connectivity index (χ3v) is 3.88. The summed E-state index contributed by atoms with van der Waals surface area (Å²) in [6.07, 6.45) is 5.82. The van der Waals surface area contributed by atoms with Crippen LogP contribution < -0.4 is 0 Å². The van der Waals surface area contributed by atoms with Gasteiger partial charge in [0.05, 0.1) is 0 Å². The summed E-state index contributed by atoms with van der Waals surface area (Å²) >= 11 is 0. The Morgan fingerprint density at radius 3 is 2.78 bits per heavy atom. The lowest BCUT2D eigenvalue weighted by Crippen LogP contribution is -2.10. The highest BCUT2D eigenvalue weighted by atomic mass is 16.5. The minimum absolute atomic E-state index is 0.148. The summed E-state index contributed by atoms with van der Waals surface area (Å²) in [5.41, 5.74) is 2.83. The van der Waals surface area contributed by atoms with Crippen LogP contribution in [0.25, 0.3) is 0 Å². The molecule has 0 aromatic heterocycles. The Morgan fingerprint density at radius 2 is 2.22 bits per heavy atom. The zero-order valence-corrected chi connectivity index (χ0v) is 11.3. The van der Waals surface area contributed by atoms with Gasteiger partial charge >= 0.3 is 5.97 Å². The monoisotopic (exact) mass is 248 g/mol. The van der Waals surface area contributed by atoms with E-state index in [0.29, 0.717) is 28.9 Å². The number of rotatable bonds is 4. The van der Waals surface area contributed by atoms with Gasteiger partial charge in [0.25, 0.3) is 0 Å². The largest absolute Gasteiger partial charge is 0.457 e. The van der Waals surface area contributed by atoms with E-state index in [-0.39, 0.29) is 12.6 Å². The average Bonchev–Trinajstić information content (AvgIpc) is 2.83. The number of hydrogen-bond acceptors (Lipinski definition) is 3. The molecule has 3 nitrogen and oxygen atoms in total. The van der Waals surface area contributed by atoms with Gasteiger partial charge in [-0.2, -0.15) is 0 Å². The van der Waals surface area contributed by atoms with E-state index in [4.69, 9.17) is 4.74 Å². The highest BCUT2D eigenvalue weighted by Crippen LogP contribution is 2.41. The van der Waals surface area contributed by atoms with Gasteiger partial charge in [-0.05, 0) is 30.6 Å². The number of carbonyl (C=O) groups is 2. The molecule has 1 aliphatic heterocycles. The van der Waals surface area contributed by atoms with E-state index < -0.39 is 0 Å². The molecule has 1 heterocycles. The second-order valence-electron chi connectivity index (χ2n) is 6.13. The minimum atomic E-state index is -0.318. The van der Waals surface area contributed by atoms with Crippen molar-refractivity contribution in [1.82, 2.24) is 0 Å². The van der Waals surface area contributed by atoms with Gasteiger partial charge in [0, 0.05) is 11.1 Å². The average molecular weight is 248 g/mol. The predicted molar refractivity (Wildman–Crippen MR) is 68.9 cm³/mol. The summed E-state index contributed by atoms with van der Waals surface area (Å²) < 4.78 is 4.91. The summed E-state index contributed by atoms with van der Waals surface area (Å²) in [5, 5.41) is 0. The molecule has 0 amide bonds. The first-order valence-corrected chi connectivity index (χ1v) is 6.46. The van der Waals surface area contributed by atoms with Gasteiger partial charge in [-0.1, -0.05) is 32.4 Å². The summed E-state index contributed by atoms with van der Waals surface area (Å²) in [6, 6.07) is 0. The van der Waals surface area contributed by atoms with Crippen LogP contribution in [0.2, 0.25) is 0 Å². The summed E-state index contributed by atoms with van der Waals surface area (Å²) in [6.45, 7) is 6.77. The first-order valence-electron chi connectivity index (χ1n) is 6.46. The van der Waals surface area contributed by atoms with E-state index in [0.717, 1.165) is 19.1 Å². The van der Waals surface area contributed by atoms with Crippen molar-refractivity contribution < 1.29 is 14.3 Å². The number of allylic oxidation sites excluding steroid dienone is 2. The molecule has 0 aromatic rings. The smallest absolute Gasteiger partial charge is 0.334 e. The van der Waals surface area contributed by atoms with Crippen molar-refractivity contribution in [3.63, 3.8) is 0 Å². The van der Waals surface area contributed by atoms with Gasteiger partial charge in [-0.15, -0.1) is 0 Å².